The lowest BCUT2D eigenvalue weighted by molar-refractivity contribution is -0.384. The first-order valence-electron chi connectivity index (χ1n) is 7.00. The van der Waals surface area contributed by atoms with E-state index >= 15 is 0 Å². The van der Waals surface area contributed by atoms with E-state index < -0.39 is 33.2 Å². The summed E-state index contributed by atoms with van der Waals surface area (Å²) in [5, 5.41) is 10.5. The van der Waals surface area contributed by atoms with Crippen LogP contribution in [0.2, 0.25) is 0 Å². The lowest BCUT2D eigenvalue weighted by Gasteiger charge is -2.08. The van der Waals surface area contributed by atoms with Crippen LogP contribution in [0.25, 0.3) is 0 Å². The molecule has 2 aromatic carbocycles. The maximum Gasteiger partial charge on any atom is 0.417 e. The van der Waals surface area contributed by atoms with Gasteiger partial charge >= 0.3 is 6.18 Å². The van der Waals surface area contributed by atoms with E-state index in [0.717, 1.165) is 30.3 Å². The van der Waals surface area contributed by atoms with Crippen molar-refractivity contribution in [3.8, 4) is 11.8 Å². The lowest BCUT2D eigenvalue weighted by atomic mass is 10.1. The van der Waals surface area contributed by atoms with Gasteiger partial charge in [-0.2, -0.15) is 17.9 Å². The standard InChI is InChI=1S/C16H11F3N2O4S/c17-16(18,19)15-6-2-1-4-12(15)5-3-11-20-26(24,25)14-9-7-13(8-10-14)21(22)23/h1-2,4,6-10,20H,11H2. The Morgan fingerprint density at radius 1 is 1.08 bits per heavy atom. The van der Waals surface area contributed by atoms with Crippen molar-refractivity contribution in [2.24, 2.45) is 0 Å². The van der Waals surface area contributed by atoms with E-state index in [9.17, 15) is 31.7 Å². The third-order valence-electron chi connectivity index (χ3n) is 3.16. The number of halogens is 3. The zero-order valence-electron chi connectivity index (χ0n) is 12.9. The molecule has 0 heterocycles. The second-order valence-corrected chi connectivity index (χ2v) is 6.69. The molecule has 0 radical (unpaired) electrons. The molecule has 0 aliphatic rings. The Kier molecular flexibility index (Phi) is 5.64. The highest BCUT2D eigenvalue weighted by atomic mass is 32.2. The van der Waals surface area contributed by atoms with Crippen molar-refractivity contribution >= 4 is 15.7 Å². The molecule has 0 saturated carbocycles. The third-order valence-corrected chi connectivity index (χ3v) is 4.58. The number of nitro benzene ring substituents is 1. The minimum Gasteiger partial charge on any atom is -0.258 e. The molecule has 10 heteroatoms. The molecular formula is C16H11F3N2O4S. The maximum absolute atomic E-state index is 12.8. The first-order valence-corrected chi connectivity index (χ1v) is 8.49. The van der Waals surface area contributed by atoms with Gasteiger partial charge < -0.3 is 0 Å². The highest BCUT2D eigenvalue weighted by Gasteiger charge is 2.32. The number of hydrogen-bond donors (Lipinski definition) is 1. The molecule has 0 fully saturated rings. The number of rotatable bonds is 4. The SMILES string of the molecule is O=[N+]([O-])c1ccc(S(=O)(=O)NCC#Cc2ccccc2C(F)(F)F)cc1. The minimum atomic E-state index is -4.57. The fourth-order valence-corrected chi connectivity index (χ4v) is 2.86. The Hall–Kier alpha value is -2.90. The number of sulfonamides is 1. The molecule has 2 aromatic rings. The molecule has 2 rings (SSSR count). The van der Waals surface area contributed by atoms with E-state index in [1.165, 1.54) is 18.2 Å². The minimum absolute atomic E-state index is 0.222. The fraction of sp³-hybridized carbons (Fsp3) is 0.125. The number of hydrogen-bond acceptors (Lipinski definition) is 4. The van der Waals surface area contributed by atoms with Gasteiger partial charge in [0.05, 0.1) is 21.9 Å². The Labute approximate surface area is 146 Å². The molecule has 0 saturated heterocycles. The van der Waals surface area contributed by atoms with Gasteiger partial charge in [-0.25, -0.2) is 8.42 Å². The summed E-state index contributed by atoms with van der Waals surface area (Å²) < 4.78 is 64.6. The van der Waals surface area contributed by atoms with Crippen molar-refractivity contribution in [1.29, 1.82) is 0 Å². The van der Waals surface area contributed by atoms with Crippen LogP contribution < -0.4 is 4.72 Å². The average molecular weight is 384 g/mol. The van der Waals surface area contributed by atoms with Crippen LogP contribution in [0.15, 0.2) is 53.4 Å². The number of alkyl halides is 3. The van der Waals surface area contributed by atoms with Crippen LogP contribution >= 0.6 is 0 Å². The van der Waals surface area contributed by atoms with Crippen LogP contribution in [-0.4, -0.2) is 19.9 Å². The summed E-state index contributed by atoms with van der Waals surface area (Å²) in [5.41, 5.74) is -1.45. The Morgan fingerprint density at radius 2 is 1.69 bits per heavy atom. The molecule has 26 heavy (non-hydrogen) atoms. The average Bonchev–Trinajstić information content (AvgIpc) is 2.58. The molecule has 0 aliphatic heterocycles. The number of nitro groups is 1. The summed E-state index contributed by atoms with van der Waals surface area (Å²) >= 11 is 0. The van der Waals surface area contributed by atoms with Gasteiger partial charge in [0.25, 0.3) is 5.69 Å². The smallest absolute Gasteiger partial charge is 0.258 e. The predicted molar refractivity (Wildman–Crippen MR) is 86.6 cm³/mol. The summed E-state index contributed by atoms with van der Waals surface area (Å²) in [6.45, 7) is -0.425. The third kappa shape index (κ3) is 4.81. The summed E-state index contributed by atoms with van der Waals surface area (Å²) in [7, 11) is -3.99. The number of benzene rings is 2. The van der Waals surface area contributed by atoms with Crippen LogP contribution in [0.3, 0.4) is 0 Å². The fourth-order valence-electron chi connectivity index (χ4n) is 1.94. The monoisotopic (exact) mass is 384 g/mol. The van der Waals surface area contributed by atoms with Crippen LogP contribution in [0.1, 0.15) is 11.1 Å². The van der Waals surface area contributed by atoms with E-state index in [2.05, 4.69) is 16.6 Å². The molecule has 6 nitrogen and oxygen atoms in total. The molecule has 0 bridgehead atoms. The Balaban J connectivity index is 2.11. The summed E-state index contributed by atoms with van der Waals surface area (Å²) in [6.07, 6.45) is -4.57. The normalized spacial score (nSPS) is 11.5. The molecule has 1 N–H and O–H groups in total. The van der Waals surface area contributed by atoms with Gasteiger partial charge in [0.15, 0.2) is 0 Å². The number of non-ortho nitro benzene ring substituents is 1. The van der Waals surface area contributed by atoms with Crippen molar-refractivity contribution < 1.29 is 26.5 Å². The van der Waals surface area contributed by atoms with Crippen molar-refractivity contribution in [2.75, 3.05) is 6.54 Å². The first kappa shape index (κ1) is 19.4. The quantitative estimate of drug-likeness (QED) is 0.499. The summed E-state index contributed by atoms with van der Waals surface area (Å²) in [5.74, 6) is 4.60. The van der Waals surface area contributed by atoms with Gasteiger partial charge in [-0.05, 0) is 24.3 Å². The number of nitrogens with one attached hydrogen (secondary N) is 1. The Bertz CT molecular complexity index is 975. The first-order chi connectivity index (χ1) is 12.1. The van der Waals surface area contributed by atoms with Gasteiger partial charge in [0.2, 0.25) is 10.0 Å². The second kappa shape index (κ2) is 7.55. The molecule has 0 amide bonds. The van der Waals surface area contributed by atoms with E-state index in [4.69, 9.17) is 0 Å². The topological polar surface area (TPSA) is 89.3 Å². The highest BCUT2D eigenvalue weighted by molar-refractivity contribution is 7.89. The molecule has 0 atom stereocenters. The van der Waals surface area contributed by atoms with Crippen LogP contribution in [-0.2, 0) is 16.2 Å². The lowest BCUT2D eigenvalue weighted by Crippen LogP contribution is -2.24. The van der Waals surface area contributed by atoms with Crippen molar-refractivity contribution in [3.05, 3.63) is 69.8 Å². The van der Waals surface area contributed by atoms with Crippen LogP contribution in [0, 0.1) is 22.0 Å². The number of nitrogens with zero attached hydrogens (tertiary/aromatic N) is 1. The zero-order chi connectivity index (χ0) is 19.4. The highest BCUT2D eigenvalue weighted by Crippen LogP contribution is 2.31. The van der Waals surface area contributed by atoms with Gasteiger partial charge in [-0.3, -0.25) is 10.1 Å². The van der Waals surface area contributed by atoms with Crippen LogP contribution in [0.5, 0.6) is 0 Å². The maximum atomic E-state index is 12.8. The molecular weight excluding hydrogens is 373 g/mol. The van der Waals surface area contributed by atoms with Crippen molar-refractivity contribution in [1.82, 2.24) is 4.72 Å². The molecule has 0 aliphatic carbocycles. The van der Waals surface area contributed by atoms with Crippen molar-refractivity contribution in [2.45, 2.75) is 11.1 Å². The van der Waals surface area contributed by atoms with Crippen molar-refractivity contribution in [3.63, 3.8) is 0 Å². The molecule has 136 valence electrons. The molecule has 0 spiro atoms. The van der Waals surface area contributed by atoms with E-state index in [1.54, 1.807) is 0 Å². The molecule has 0 aromatic heterocycles. The van der Waals surface area contributed by atoms with Gasteiger partial charge in [0.1, 0.15) is 0 Å². The largest absolute Gasteiger partial charge is 0.417 e. The second-order valence-electron chi connectivity index (χ2n) is 4.92. The van der Waals surface area contributed by atoms with E-state index in [1.807, 2.05) is 0 Å². The summed E-state index contributed by atoms with van der Waals surface area (Å²) in [6, 6.07) is 8.83. The van der Waals surface area contributed by atoms with Gasteiger partial charge in [-0.1, -0.05) is 24.0 Å². The Morgan fingerprint density at radius 3 is 2.27 bits per heavy atom. The van der Waals surface area contributed by atoms with E-state index in [-0.39, 0.29) is 16.1 Å². The van der Waals surface area contributed by atoms with Crippen LogP contribution in [0.4, 0.5) is 18.9 Å². The van der Waals surface area contributed by atoms with E-state index in [0.29, 0.717) is 0 Å². The molecule has 0 unspecified atom stereocenters. The summed E-state index contributed by atoms with van der Waals surface area (Å²) in [4.78, 5) is 9.65. The van der Waals surface area contributed by atoms with Gasteiger partial charge in [0, 0.05) is 17.7 Å². The van der Waals surface area contributed by atoms with Gasteiger partial charge in [-0.15, -0.1) is 0 Å². The zero-order valence-corrected chi connectivity index (χ0v) is 13.8. The predicted octanol–water partition coefficient (Wildman–Crippen LogP) is 2.94.